The highest BCUT2D eigenvalue weighted by Gasteiger charge is 2.33. The lowest BCUT2D eigenvalue weighted by atomic mass is 10.1. The fourth-order valence-corrected chi connectivity index (χ4v) is 5.36. The number of aryl methyl sites for hydroxylation is 1. The summed E-state index contributed by atoms with van der Waals surface area (Å²) < 4.78 is 66.1. The minimum absolute atomic E-state index is 0.0209. The Labute approximate surface area is 191 Å². The Morgan fingerprint density at radius 3 is 2.30 bits per heavy atom. The normalized spacial score (nSPS) is 14.7. The van der Waals surface area contributed by atoms with Gasteiger partial charge in [0.05, 0.1) is 27.5 Å². The average Bonchev–Trinajstić information content (AvgIpc) is 3.28. The van der Waals surface area contributed by atoms with Gasteiger partial charge in [0.1, 0.15) is 5.69 Å². The number of hydrogen-bond donors (Lipinski definition) is 1. The topological polar surface area (TPSA) is 82.6 Å². The smallest absolute Gasteiger partial charge is 0.370 e. The molecule has 0 atom stereocenters. The fourth-order valence-electron chi connectivity index (χ4n) is 3.87. The molecule has 0 saturated carbocycles. The Morgan fingerprint density at radius 2 is 1.76 bits per heavy atom. The third-order valence-corrected chi connectivity index (χ3v) is 7.67. The molecule has 180 valence electrons. The molecule has 1 aliphatic rings. The third kappa shape index (κ3) is 5.30. The molecule has 2 aromatic rings. The van der Waals surface area contributed by atoms with E-state index in [0.29, 0.717) is 18.8 Å². The lowest BCUT2D eigenvalue weighted by Crippen LogP contribution is -2.31. The molecule has 7 nitrogen and oxygen atoms in total. The van der Waals surface area contributed by atoms with Gasteiger partial charge in [-0.05, 0) is 50.1 Å². The van der Waals surface area contributed by atoms with Gasteiger partial charge in [-0.15, -0.1) is 0 Å². The summed E-state index contributed by atoms with van der Waals surface area (Å²) in [5.74, 6) is -0.661. The number of carbonyl (C=O) groups excluding carboxylic acids is 1. The van der Waals surface area contributed by atoms with E-state index in [0.717, 1.165) is 38.1 Å². The quantitative estimate of drug-likeness (QED) is 0.634. The second-order valence-corrected chi connectivity index (χ2v) is 9.68. The van der Waals surface area contributed by atoms with Gasteiger partial charge in [-0.2, -0.15) is 17.5 Å². The number of nitrogens with zero attached hydrogens (tertiary/aromatic N) is 3. The number of alkyl halides is 3. The van der Waals surface area contributed by atoms with Crippen LogP contribution >= 0.6 is 0 Å². The summed E-state index contributed by atoms with van der Waals surface area (Å²) in [6.07, 6.45) is -2.68. The molecular weight excluding hydrogens is 457 g/mol. The standard InChI is InChI=1S/C22H27F3N4O3S/c1-4-29(5-2)33(31,32)16-8-10-19(28-12-6-7-13-28)18(14-16)27-21(30)17-9-11-20(22(23,24)25)26-15(17)3/h8-11,14H,4-7,12-13H2,1-3H3,(H,27,30). The van der Waals surface area contributed by atoms with Crippen molar-refractivity contribution in [1.82, 2.24) is 9.29 Å². The van der Waals surface area contributed by atoms with Crippen LogP contribution < -0.4 is 10.2 Å². The van der Waals surface area contributed by atoms with E-state index in [2.05, 4.69) is 10.3 Å². The predicted molar refractivity (Wildman–Crippen MR) is 120 cm³/mol. The second-order valence-electron chi connectivity index (χ2n) is 7.74. The molecule has 0 unspecified atom stereocenters. The van der Waals surface area contributed by atoms with Crippen molar-refractivity contribution >= 4 is 27.3 Å². The Kier molecular flexibility index (Phi) is 7.32. The number of pyridine rings is 1. The molecule has 1 amide bonds. The van der Waals surface area contributed by atoms with E-state index in [4.69, 9.17) is 0 Å². The predicted octanol–water partition coefficient (Wildman–Crippen LogP) is 4.29. The van der Waals surface area contributed by atoms with Gasteiger partial charge in [0.25, 0.3) is 5.91 Å². The number of rotatable bonds is 7. The molecule has 11 heteroatoms. The number of hydrogen-bond acceptors (Lipinski definition) is 5. The van der Waals surface area contributed by atoms with Crippen LogP contribution in [0.4, 0.5) is 24.5 Å². The van der Waals surface area contributed by atoms with Crippen LogP contribution in [0.25, 0.3) is 0 Å². The summed E-state index contributed by atoms with van der Waals surface area (Å²) in [6, 6.07) is 6.42. The monoisotopic (exact) mass is 484 g/mol. The number of amides is 1. The first-order valence-electron chi connectivity index (χ1n) is 10.7. The molecule has 0 bridgehead atoms. The van der Waals surface area contributed by atoms with Crippen LogP contribution in [0.3, 0.4) is 0 Å². The van der Waals surface area contributed by atoms with E-state index >= 15 is 0 Å². The largest absolute Gasteiger partial charge is 0.433 e. The molecule has 2 heterocycles. The van der Waals surface area contributed by atoms with Crippen LogP contribution in [0.1, 0.15) is 48.4 Å². The molecule has 1 aromatic heterocycles. The SMILES string of the molecule is CCN(CC)S(=O)(=O)c1ccc(N2CCCC2)c(NC(=O)c2ccc(C(F)(F)F)nc2C)c1. The molecule has 3 rings (SSSR count). The van der Waals surface area contributed by atoms with Crippen molar-refractivity contribution in [3.05, 3.63) is 47.3 Å². The van der Waals surface area contributed by atoms with Gasteiger partial charge in [0.15, 0.2) is 0 Å². The number of aromatic nitrogens is 1. The highest BCUT2D eigenvalue weighted by atomic mass is 32.2. The first-order valence-corrected chi connectivity index (χ1v) is 12.2. The molecule has 1 N–H and O–H groups in total. The van der Waals surface area contributed by atoms with Crippen molar-refractivity contribution in [2.45, 2.75) is 44.7 Å². The number of benzene rings is 1. The van der Waals surface area contributed by atoms with Crippen LogP contribution in [0.2, 0.25) is 0 Å². The van der Waals surface area contributed by atoms with Gasteiger partial charge >= 0.3 is 6.18 Å². The summed E-state index contributed by atoms with van der Waals surface area (Å²) in [5.41, 5.74) is -0.225. The first-order chi connectivity index (χ1) is 15.5. The number of anilines is 2. The first kappa shape index (κ1) is 25.0. The van der Waals surface area contributed by atoms with Crippen LogP contribution in [0.15, 0.2) is 35.2 Å². The molecule has 1 fully saturated rings. The number of sulfonamides is 1. The summed E-state index contributed by atoms with van der Waals surface area (Å²) in [4.78, 5) is 18.5. The Bertz CT molecular complexity index is 1130. The van der Waals surface area contributed by atoms with Gasteiger partial charge in [-0.25, -0.2) is 13.4 Å². The fraction of sp³-hybridized carbons (Fsp3) is 0.455. The second kappa shape index (κ2) is 9.68. The lowest BCUT2D eigenvalue weighted by Gasteiger charge is -2.24. The molecule has 1 aromatic carbocycles. The molecule has 0 spiro atoms. The molecular formula is C22H27F3N4O3S. The highest BCUT2D eigenvalue weighted by molar-refractivity contribution is 7.89. The lowest BCUT2D eigenvalue weighted by molar-refractivity contribution is -0.141. The Balaban J connectivity index is 2.00. The summed E-state index contributed by atoms with van der Waals surface area (Å²) in [6.45, 7) is 6.91. The van der Waals surface area contributed by atoms with Crippen LogP contribution in [0.5, 0.6) is 0 Å². The maximum atomic E-state index is 13.0. The van der Waals surface area contributed by atoms with Gasteiger partial charge in [-0.1, -0.05) is 13.8 Å². The zero-order valence-electron chi connectivity index (χ0n) is 18.7. The highest BCUT2D eigenvalue weighted by Crippen LogP contribution is 2.33. The molecule has 1 aliphatic heterocycles. The van der Waals surface area contributed by atoms with Crippen LogP contribution in [-0.2, 0) is 16.2 Å². The van der Waals surface area contributed by atoms with Crippen LogP contribution in [0, 0.1) is 6.92 Å². The summed E-state index contributed by atoms with van der Waals surface area (Å²) in [7, 11) is -3.77. The van der Waals surface area contributed by atoms with Gasteiger partial charge in [0, 0.05) is 26.2 Å². The molecule has 0 radical (unpaired) electrons. The van der Waals surface area contributed by atoms with Crippen molar-refractivity contribution in [3.8, 4) is 0 Å². The third-order valence-electron chi connectivity index (χ3n) is 5.63. The number of nitrogens with one attached hydrogen (secondary N) is 1. The maximum absolute atomic E-state index is 13.0. The molecule has 1 saturated heterocycles. The van der Waals surface area contributed by atoms with E-state index in [9.17, 15) is 26.4 Å². The Hall–Kier alpha value is -2.66. The van der Waals surface area contributed by atoms with Crippen molar-refractivity contribution in [1.29, 1.82) is 0 Å². The zero-order chi connectivity index (χ0) is 24.4. The van der Waals surface area contributed by atoms with E-state index in [1.54, 1.807) is 19.9 Å². The number of halogens is 3. The zero-order valence-corrected chi connectivity index (χ0v) is 19.6. The van der Waals surface area contributed by atoms with E-state index in [1.807, 2.05) is 4.90 Å². The van der Waals surface area contributed by atoms with Crippen molar-refractivity contribution in [2.24, 2.45) is 0 Å². The van der Waals surface area contributed by atoms with Gasteiger partial charge < -0.3 is 10.2 Å². The summed E-state index contributed by atoms with van der Waals surface area (Å²) >= 11 is 0. The van der Waals surface area contributed by atoms with Crippen molar-refractivity contribution in [3.63, 3.8) is 0 Å². The number of carbonyl (C=O) groups is 1. The van der Waals surface area contributed by atoms with E-state index < -0.39 is 27.8 Å². The Morgan fingerprint density at radius 1 is 1.12 bits per heavy atom. The van der Waals surface area contributed by atoms with E-state index in [1.165, 1.54) is 23.4 Å². The van der Waals surface area contributed by atoms with E-state index in [-0.39, 0.29) is 21.8 Å². The minimum Gasteiger partial charge on any atom is -0.370 e. The van der Waals surface area contributed by atoms with Crippen LogP contribution in [-0.4, -0.2) is 49.8 Å². The molecule has 33 heavy (non-hydrogen) atoms. The van der Waals surface area contributed by atoms with Gasteiger partial charge in [-0.3, -0.25) is 4.79 Å². The summed E-state index contributed by atoms with van der Waals surface area (Å²) in [5, 5.41) is 2.71. The van der Waals surface area contributed by atoms with Gasteiger partial charge in [0.2, 0.25) is 10.0 Å². The molecule has 0 aliphatic carbocycles. The maximum Gasteiger partial charge on any atom is 0.433 e. The average molecular weight is 485 g/mol. The minimum atomic E-state index is -4.62. The van der Waals surface area contributed by atoms with Crippen molar-refractivity contribution < 1.29 is 26.4 Å². The van der Waals surface area contributed by atoms with Crippen molar-refractivity contribution in [2.75, 3.05) is 36.4 Å².